The molecule has 0 radical (unpaired) electrons. The summed E-state index contributed by atoms with van der Waals surface area (Å²) in [5.74, 6) is 0. The fraction of sp³-hybridized carbons (Fsp3) is 0.471. The smallest absolute Gasteiger partial charge is 0.410 e. The second-order valence-corrected chi connectivity index (χ2v) is 6.02. The summed E-state index contributed by atoms with van der Waals surface area (Å²) in [5.41, 5.74) is 0.984. The van der Waals surface area contributed by atoms with Crippen molar-refractivity contribution in [3.8, 4) is 0 Å². The van der Waals surface area contributed by atoms with Gasteiger partial charge in [-0.3, -0.25) is 0 Å². The van der Waals surface area contributed by atoms with Gasteiger partial charge in [0.1, 0.15) is 6.61 Å². The van der Waals surface area contributed by atoms with Gasteiger partial charge >= 0.3 is 6.09 Å². The quantitative estimate of drug-likeness (QED) is 0.752. The van der Waals surface area contributed by atoms with E-state index in [0.717, 1.165) is 5.56 Å². The highest BCUT2D eigenvalue weighted by Crippen LogP contribution is 2.24. The van der Waals surface area contributed by atoms with Crippen LogP contribution in [0.3, 0.4) is 0 Å². The van der Waals surface area contributed by atoms with Crippen molar-refractivity contribution in [1.82, 2.24) is 4.90 Å². The van der Waals surface area contributed by atoms with E-state index in [-0.39, 0.29) is 17.6 Å². The number of nitrogens with zero attached hydrogens (tertiary/aromatic N) is 1. The first-order chi connectivity index (χ1) is 9.36. The van der Waals surface area contributed by atoms with E-state index in [0.29, 0.717) is 13.2 Å². The number of amides is 1. The summed E-state index contributed by atoms with van der Waals surface area (Å²) < 4.78 is 5.40. The van der Waals surface area contributed by atoms with Crippen LogP contribution in [0.4, 0.5) is 4.79 Å². The monoisotopic (exact) mass is 275 g/mol. The summed E-state index contributed by atoms with van der Waals surface area (Å²) in [6.45, 7) is 12.9. The molecule has 0 N–H and O–H groups in total. The van der Waals surface area contributed by atoms with E-state index in [1.807, 2.05) is 37.3 Å². The molecule has 110 valence electrons. The van der Waals surface area contributed by atoms with Gasteiger partial charge in [0.05, 0.1) is 0 Å². The lowest BCUT2D eigenvalue weighted by atomic mass is 9.87. The molecule has 1 amide bonds. The summed E-state index contributed by atoms with van der Waals surface area (Å²) in [5, 5.41) is 0. The molecular formula is C17H25NO2. The molecule has 0 aliphatic rings. The van der Waals surface area contributed by atoms with E-state index < -0.39 is 0 Å². The third kappa shape index (κ3) is 4.72. The highest BCUT2D eigenvalue weighted by molar-refractivity contribution is 5.68. The molecule has 1 aromatic carbocycles. The van der Waals surface area contributed by atoms with Gasteiger partial charge in [0.2, 0.25) is 0 Å². The fourth-order valence-electron chi connectivity index (χ4n) is 1.80. The van der Waals surface area contributed by atoms with E-state index in [9.17, 15) is 4.79 Å². The summed E-state index contributed by atoms with van der Waals surface area (Å²) in [6, 6.07) is 9.77. The molecule has 3 nitrogen and oxygen atoms in total. The Balaban J connectivity index is 2.67. The van der Waals surface area contributed by atoms with Crippen molar-refractivity contribution in [1.29, 1.82) is 0 Å². The van der Waals surface area contributed by atoms with Crippen LogP contribution in [-0.2, 0) is 11.3 Å². The van der Waals surface area contributed by atoms with Gasteiger partial charge in [0, 0.05) is 12.6 Å². The SMILES string of the molecule is C=CCN(C(=O)OCc1ccccc1)C(C)C(C)(C)C. The third-order valence-corrected chi connectivity index (χ3v) is 3.49. The molecule has 1 aromatic rings. The predicted molar refractivity (Wildman–Crippen MR) is 82.4 cm³/mol. The number of carbonyl (C=O) groups is 1. The molecular weight excluding hydrogens is 250 g/mol. The van der Waals surface area contributed by atoms with Crippen LogP contribution in [-0.4, -0.2) is 23.6 Å². The highest BCUT2D eigenvalue weighted by Gasteiger charge is 2.29. The molecule has 1 atom stereocenters. The Labute approximate surface area is 122 Å². The summed E-state index contributed by atoms with van der Waals surface area (Å²) in [4.78, 5) is 14.0. The van der Waals surface area contributed by atoms with Crippen molar-refractivity contribution < 1.29 is 9.53 Å². The molecule has 20 heavy (non-hydrogen) atoms. The fourth-order valence-corrected chi connectivity index (χ4v) is 1.80. The molecule has 0 fully saturated rings. The molecule has 0 aliphatic carbocycles. The number of hydrogen-bond donors (Lipinski definition) is 0. The normalized spacial score (nSPS) is 12.6. The minimum absolute atomic E-state index is 0.00518. The zero-order valence-electron chi connectivity index (χ0n) is 12.9. The predicted octanol–water partition coefficient (Wildman–Crippen LogP) is 4.25. The lowest BCUT2D eigenvalue weighted by Crippen LogP contribution is -2.45. The largest absolute Gasteiger partial charge is 0.445 e. The Morgan fingerprint density at radius 3 is 2.45 bits per heavy atom. The van der Waals surface area contributed by atoms with E-state index in [1.165, 1.54) is 0 Å². The van der Waals surface area contributed by atoms with E-state index in [4.69, 9.17) is 4.74 Å². The van der Waals surface area contributed by atoms with E-state index >= 15 is 0 Å². The Kier molecular flexibility index (Phi) is 5.81. The standard InChI is InChI=1S/C17H25NO2/c1-6-12-18(14(2)17(3,4)5)16(19)20-13-15-10-8-7-9-11-15/h6-11,14H,1,12-13H2,2-5H3. The van der Waals surface area contributed by atoms with Crippen LogP contribution in [0.5, 0.6) is 0 Å². The summed E-state index contributed by atoms with van der Waals surface area (Å²) >= 11 is 0. The lowest BCUT2D eigenvalue weighted by Gasteiger charge is -2.36. The highest BCUT2D eigenvalue weighted by atomic mass is 16.6. The second-order valence-electron chi connectivity index (χ2n) is 6.02. The molecule has 0 spiro atoms. The van der Waals surface area contributed by atoms with Crippen LogP contribution in [0.2, 0.25) is 0 Å². The molecule has 1 rings (SSSR count). The third-order valence-electron chi connectivity index (χ3n) is 3.49. The van der Waals surface area contributed by atoms with Crippen LogP contribution in [0.1, 0.15) is 33.3 Å². The lowest BCUT2D eigenvalue weighted by molar-refractivity contribution is 0.0636. The zero-order chi connectivity index (χ0) is 15.2. The summed E-state index contributed by atoms with van der Waals surface area (Å²) in [7, 11) is 0. The molecule has 1 unspecified atom stereocenters. The van der Waals surface area contributed by atoms with Gasteiger partial charge < -0.3 is 9.64 Å². The van der Waals surface area contributed by atoms with Crippen molar-refractivity contribution in [2.75, 3.05) is 6.54 Å². The van der Waals surface area contributed by atoms with Gasteiger partial charge in [-0.1, -0.05) is 57.2 Å². The molecule has 0 saturated heterocycles. The summed E-state index contributed by atoms with van der Waals surface area (Å²) in [6.07, 6.45) is 1.43. The van der Waals surface area contributed by atoms with Gasteiger partial charge in [-0.2, -0.15) is 0 Å². The Hall–Kier alpha value is -1.77. The van der Waals surface area contributed by atoms with Crippen molar-refractivity contribution in [2.24, 2.45) is 5.41 Å². The number of rotatable bonds is 5. The molecule has 3 heteroatoms. The van der Waals surface area contributed by atoms with Crippen LogP contribution >= 0.6 is 0 Å². The minimum Gasteiger partial charge on any atom is -0.445 e. The Morgan fingerprint density at radius 1 is 1.35 bits per heavy atom. The Bertz CT molecular complexity index is 434. The second kappa shape index (κ2) is 7.13. The maximum Gasteiger partial charge on any atom is 0.410 e. The van der Waals surface area contributed by atoms with Crippen LogP contribution in [0, 0.1) is 5.41 Å². The first-order valence-electron chi connectivity index (χ1n) is 6.94. The van der Waals surface area contributed by atoms with Gasteiger partial charge in [-0.15, -0.1) is 6.58 Å². The topological polar surface area (TPSA) is 29.5 Å². The number of carbonyl (C=O) groups excluding carboxylic acids is 1. The van der Waals surface area contributed by atoms with Crippen LogP contribution in [0.25, 0.3) is 0 Å². The number of hydrogen-bond acceptors (Lipinski definition) is 2. The van der Waals surface area contributed by atoms with E-state index in [2.05, 4.69) is 27.4 Å². The molecule has 0 heterocycles. The van der Waals surface area contributed by atoms with Gasteiger partial charge in [-0.25, -0.2) is 4.79 Å². The van der Waals surface area contributed by atoms with Crippen molar-refractivity contribution in [2.45, 2.75) is 40.3 Å². The zero-order valence-corrected chi connectivity index (χ0v) is 12.9. The minimum atomic E-state index is -0.295. The average molecular weight is 275 g/mol. The molecule has 0 bridgehead atoms. The average Bonchev–Trinajstić information content (AvgIpc) is 2.41. The maximum atomic E-state index is 12.3. The van der Waals surface area contributed by atoms with Crippen molar-refractivity contribution in [3.63, 3.8) is 0 Å². The van der Waals surface area contributed by atoms with Gasteiger partial charge in [0.25, 0.3) is 0 Å². The van der Waals surface area contributed by atoms with Gasteiger partial charge in [-0.05, 0) is 17.9 Å². The molecule has 0 saturated carbocycles. The number of ether oxygens (including phenoxy) is 1. The molecule has 0 aromatic heterocycles. The van der Waals surface area contributed by atoms with E-state index in [1.54, 1.807) is 11.0 Å². The Morgan fingerprint density at radius 2 is 1.95 bits per heavy atom. The molecule has 0 aliphatic heterocycles. The number of benzene rings is 1. The van der Waals surface area contributed by atoms with Crippen LogP contribution in [0.15, 0.2) is 43.0 Å². The van der Waals surface area contributed by atoms with Crippen molar-refractivity contribution in [3.05, 3.63) is 48.6 Å². The maximum absolute atomic E-state index is 12.3. The first kappa shape index (κ1) is 16.3. The van der Waals surface area contributed by atoms with Crippen LogP contribution < -0.4 is 0 Å². The van der Waals surface area contributed by atoms with Crippen molar-refractivity contribution >= 4 is 6.09 Å². The van der Waals surface area contributed by atoms with Gasteiger partial charge in [0.15, 0.2) is 0 Å². The first-order valence-corrected chi connectivity index (χ1v) is 6.94.